The monoisotopic (exact) mass is 178 g/mol. The van der Waals surface area contributed by atoms with Crippen molar-refractivity contribution in [3.63, 3.8) is 0 Å². The molecule has 0 unspecified atom stereocenters. The lowest BCUT2D eigenvalue weighted by Crippen LogP contribution is -2.41. The van der Waals surface area contributed by atoms with Crippen LogP contribution in [-0.2, 0) is 0 Å². The molecule has 0 nitrogen and oxygen atoms in total. The Kier molecular flexibility index (Phi) is 1.86. The first-order valence-corrected chi connectivity index (χ1v) is 4.94. The van der Waals surface area contributed by atoms with Crippen molar-refractivity contribution in [3.8, 4) is 0 Å². The Balaban J connectivity index is 2.13. The lowest BCUT2D eigenvalue weighted by atomic mass is 9.70. The molecule has 0 aromatic heterocycles. The fourth-order valence-corrected chi connectivity index (χ4v) is 3.22. The van der Waals surface area contributed by atoms with Crippen LogP contribution in [0.2, 0.25) is 0 Å². The minimum atomic E-state index is 0.272. The van der Waals surface area contributed by atoms with E-state index in [0.29, 0.717) is 0 Å². The van der Waals surface area contributed by atoms with Crippen molar-refractivity contribution in [2.24, 2.45) is 11.8 Å². The SMILES string of the molecule is Cl[C@@H]1C2CCC(CC2)[C@@H]1Cl. The highest BCUT2D eigenvalue weighted by molar-refractivity contribution is 6.30. The molecule has 0 radical (unpaired) electrons. The predicted octanol–water partition coefficient (Wildman–Crippen LogP) is 3.02. The summed E-state index contributed by atoms with van der Waals surface area (Å²) in [5, 5.41) is 0.545. The molecule has 3 aliphatic rings. The molecule has 0 N–H and O–H groups in total. The van der Waals surface area contributed by atoms with E-state index in [0.717, 1.165) is 11.8 Å². The molecular weight excluding hydrogens is 167 g/mol. The van der Waals surface area contributed by atoms with Gasteiger partial charge in [0.25, 0.3) is 0 Å². The van der Waals surface area contributed by atoms with E-state index in [9.17, 15) is 0 Å². The van der Waals surface area contributed by atoms with Crippen molar-refractivity contribution in [3.05, 3.63) is 0 Å². The Morgan fingerprint density at radius 3 is 1.20 bits per heavy atom. The van der Waals surface area contributed by atoms with Gasteiger partial charge >= 0.3 is 0 Å². The van der Waals surface area contributed by atoms with Gasteiger partial charge in [-0.1, -0.05) is 0 Å². The van der Waals surface area contributed by atoms with Crippen LogP contribution in [0, 0.1) is 11.8 Å². The summed E-state index contributed by atoms with van der Waals surface area (Å²) in [5.74, 6) is 1.46. The second-order valence-corrected chi connectivity index (χ2v) is 4.57. The maximum Gasteiger partial charge on any atom is 0.0530 e. The highest BCUT2D eigenvalue weighted by atomic mass is 35.5. The van der Waals surface area contributed by atoms with E-state index in [1.807, 2.05) is 0 Å². The molecule has 2 heteroatoms. The molecule has 0 aromatic rings. The Morgan fingerprint density at radius 1 is 0.700 bits per heavy atom. The first kappa shape index (κ1) is 7.24. The van der Waals surface area contributed by atoms with Gasteiger partial charge in [0.05, 0.1) is 10.8 Å². The Labute approximate surface area is 71.9 Å². The van der Waals surface area contributed by atoms with Gasteiger partial charge in [0.15, 0.2) is 0 Å². The zero-order valence-corrected chi connectivity index (χ0v) is 7.41. The standard InChI is InChI=1S/C8H12Cl2/c9-7-5-1-2-6(4-3-5)8(7)10/h5-8H,1-4H2/t5?,6?,7-,8+. The molecular formula is C8H12Cl2. The summed E-state index contributed by atoms with van der Waals surface area (Å²) in [6, 6.07) is 0. The maximum atomic E-state index is 6.13. The fraction of sp³-hybridized carbons (Fsp3) is 1.00. The molecule has 0 saturated heterocycles. The van der Waals surface area contributed by atoms with Crippen LogP contribution < -0.4 is 0 Å². The molecule has 3 rings (SSSR count). The van der Waals surface area contributed by atoms with Crippen molar-refractivity contribution in [2.75, 3.05) is 0 Å². The smallest absolute Gasteiger partial charge is 0.0530 e. The Hall–Kier alpha value is 0.580. The number of halogens is 2. The largest absolute Gasteiger partial charge is 0.121 e. The summed E-state index contributed by atoms with van der Waals surface area (Å²) in [4.78, 5) is 0. The quantitative estimate of drug-likeness (QED) is 0.501. The van der Waals surface area contributed by atoms with Gasteiger partial charge in [0.2, 0.25) is 0 Å². The van der Waals surface area contributed by atoms with E-state index < -0.39 is 0 Å². The van der Waals surface area contributed by atoms with Gasteiger partial charge in [0.1, 0.15) is 0 Å². The van der Waals surface area contributed by atoms with Gasteiger partial charge < -0.3 is 0 Å². The third-order valence-electron chi connectivity index (χ3n) is 3.02. The van der Waals surface area contributed by atoms with E-state index >= 15 is 0 Å². The molecule has 0 spiro atoms. The summed E-state index contributed by atoms with van der Waals surface area (Å²) in [6.07, 6.45) is 5.29. The second kappa shape index (κ2) is 2.57. The molecule has 58 valence electrons. The fourth-order valence-electron chi connectivity index (χ4n) is 2.30. The van der Waals surface area contributed by atoms with Crippen LogP contribution >= 0.6 is 23.2 Å². The van der Waals surface area contributed by atoms with E-state index in [1.165, 1.54) is 25.7 Å². The van der Waals surface area contributed by atoms with Crippen molar-refractivity contribution in [2.45, 2.75) is 36.4 Å². The predicted molar refractivity (Wildman–Crippen MR) is 44.7 cm³/mol. The van der Waals surface area contributed by atoms with Crippen LogP contribution in [0.5, 0.6) is 0 Å². The molecule has 0 aromatic carbocycles. The molecule has 0 amide bonds. The van der Waals surface area contributed by atoms with E-state index in [4.69, 9.17) is 23.2 Å². The topological polar surface area (TPSA) is 0 Å². The van der Waals surface area contributed by atoms with E-state index in [2.05, 4.69) is 0 Å². The third-order valence-corrected chi connectivity index (χ3v) is 4.41. The zero-order valence-electron chi connectivity index (χ0n) is 5.89. The average Bonchev–Trinajstić information content (AvgIpc) is 2.00. The maximum absolute atomic E-state index is 6.13. The van der Waals surface area contributed by atoms with E-state index in [1.54, 1.807) is 0 Å². The number of hydrogen-bond acceptors (Lipinski definition) is 0. The zero-order chi connectivity index (χ0) is 7.14. The van der Waals surface area contributed by atoms with Gasteiger partial charge in [-0.05, 0) is 37.5 Å². The minimum absolute atomic E-state index is 0.272. The third kappa shape index (κ3) is 0.967. The van der Waals surface area contributed by atoms with Gasteiger partial charge in [-0.3, -0.25) is 0 Å². The molecule has 3 saturated carbocycles. The average molecular weight is 179 g/mol. The van der Waals surface area contributed by atoms with Crippen LogP contribution in [0.4, 0.5) is 0 Å². The highest BCUT2D eigenvalue weighted by Crippen LogP contribution is 2.46. The van der Waals surface area contributed by atoms with Crippen LogP contribution in [-0.4, -0.2) is 10.8 Å². The van der Waals surface area contributed by atoms with Gasteiger partial charge in [0, 0.05) is 0 Å². The van der Waals surface area contributed by atoms with Crippen molar-refractivity contribution < 1.29 is 0 Å². The van der Waals surface area contributed by atoms with Gasteiger partial charge in [-0.25, -0.2) is 0 Å². The van der Waals surface area contributed by atoms with Gasteiger partial charge in [-0.15, -0.1) is 23.2 Å². The Morgan fingerprint density at radius 2 is 1.00 bits per heavy atom. The first-order chi connectivity index (χ1) is 4.79. The molecule has 10 heavy (non-hydrogen) atoms. The van der Waals surface area contributed by atoms with Crippen LogP contribution in [0.15, 0.2) is 0 Å². The van der Waals surface area contributed by atoms with Crippen molar-refractivity contribution >= 4 is 23.2 Å². The van der Waals surface area contributed by atoms with Crippen LogP contribution in [0.3, 0.4) is 0 Å². The number of alkyl halides is 2. The number of fused-ring (bicyclic) bond motifs is 3. The molecule has 2 atom stereocenters. The van der Waals surface area contributed by atoms with Crippen molar-refractivity contribution in [1.82, 2.24) is 0 Å². The summed E-state index contributed by atoms with van der Waals surface area (Å²) in [6.45, 7) is 0. The summed E-state index contributed by atoms with van der Waals surface area (Å²) < 4.78 is 0. The van der Waals surface area contributed by atoms with Crippen molar-refractivity contribution in [1.29, 1.82) is 0 Å². The normalized spacial score (nSPS) is 53.4. The lowest BCUT2D eigenvalue weighted by Gasteiger charge is -2.43. The molecule has 2 bridgehead atoms. The van der Waals surface area contributed by atoms with Gasteiger partial charge in [-0.2, -0.15) is 0 Å². The second-order valence-electron chi connectivity index (χ2n) is 3.56. The first-order valence-electron chi connectivity index (χ1n) is 4.07. The Bertz CT molecular complexity index is 107. The van der Waals surface area contributed by atoms with E-state index in [-0.39, 0.29) is 10.8 Å². The molecule has 0 aliphatic heterocycles. The lowest BCUT2D eigenvalue weighted by molar-refractivity contribution is 0.187. The highest BCUT2D eigenvalue weighted by Gasteiger charge is 2.41. The number of rotatable bonds is 0. The molecule has 3 fully saturated rings. The summed E-state index contributed by atoms with van der Waals surface area (Å²) >= 11 is 12.3. The summed E-state index contributed by atoms with van der Waals surface area (Å²) in [7, 11) is 0. The minimum Gasteiger partial charge on any atom is -0.121 e. The molecule has 0 heterocycles. The van der Waals surface area contributed by atoms with Crippen LogP contribution in [0.1, 0.15) is 25.7 Å². The van der Waals surface area contributed by atoms with Crippen LogP contribution in [0.25, 0.3) is 0 Å². The molecule has 3 aliphatic carbocycles. The number of hydrogen-bond donors (Lipinski definition) is 0. The summed E-state index contributed by atoms with van der Waals surface area (Å²) in [5.41, 5.74) is 0.